The fourth-order valence-corrected chi connectivity index (χ4v) is 2.07. The van der Waals surface area contributed by atoms with Crippen LogP contribution in [-0.2, 0) is 4.79 Å². The average Bonchev–Trinajstić information content (AvgIpc) is 2.72. The molecule has 0 bridgehead atoms. The van der Waals surface area contributed by atoms with E-state index in [1.807, 2.05) is 0 Å². The Balaban J connectivity index is 2.02. The lowest BCUT2D eigenvalue weighted by molar-refractivity contribution is -0.120. The van der Waals surface area contributed by atoms with E-state index in [1.165, 1.54) is 0 Å². The Morgan fingerprint density at radius 2 is 2.05 bits per heavy atom. The fraction of sp³-hybridized carbons (Fsp3) is 0.375. The van der Waals surface area contributed by atoms with Crippen LogP contribution in [0.3, 0.4) is 0 Å². The van der Waals surface area contributed by atoms with E-state index >= 15 is 0 Å². The van der Waals surface area contributed by atoms with Gasteiger partial charge < -0.3 is 15.3 Å². The molecule has 1 fully saturated rings. The third-order valence-electron chi connectivity index (χ3n) is 3.20. The van der Waals surface area contributed by atoms with Gasteiger partial charge in [0.2, 0.25) is 5.91 Å². The van der Waals surface area contributed by atoms with Crippen LogP contribution in [0.15, 0.2) is 24.3 Å². The molecule has 2 rings (SSSR count). The highest BCUT2D eigenvalue weighted by Crippen LogP contribution is 2.09. The first-order valence-electron chi connectivity index (χ1n) is 6.96. The van der Waals surface area contributed by atoms with E-state index in [-0.39, 0.29) is 18.4 Å². The molecule has 0 unspecified atom stereocenters. The Kier molecular flexibility index (Phi) is 5.35. The summed E-state index contributed by atoms with van der Waals surface area (Å²) in [6.07, 6.45) is 0.784. The van der Waals surface area contributed by atoms with E-state index < -0.39 is 0 Å². The Hall–Kier alpha value is -2.32. The molecule has 5 nitrogen and oxygen atoms in total. The minimum absolute atomic E-state index is 0.0141. The van der Waals surface area contributed by atoms with E-state index in [9.17, 15) is 9.59 Å². The molecule has 1 saturated heterocycles. The fourth-order valence-electron chi connectivity index (χ4n) is 2.07. The van der Waals surface area contributed by atoms with Crippen molar-refractivity contribution in [2.45, 2.75) is 12.8 Å². The molecule has 5 heteroatoms. The largest absolute Gasteiger partial charge is 0.395 e. The molecule has 0 aromatic heterocycles. The number of rotatable bonds is 2. The predicted octanol–water partition coefficient (Wildman–Crippen LogP) is 0.383. The van der Waals surface area contributed by atoms with Crippen molar-refractivity contribution in [3.8, 4) is 11.8 Å². The minimum Gasteiger partial charge on any atom is -0.395 e. The first-order valence-corrected chi connectivity index (χ1v) is 6.96. The van der Waals surface area contributed by atoms with E-state index in [4.69, 9.17) is 5.11 Å². The van der Waals surface area contributed by atoms with E-state index in [0.717, 1.165) is 5.56 Å². The second-order valence-corrected chi connectivity index (χ2v) is 4.74. The summed E-state index contributed by atoms with van der Waals surface area (Å²) in [4.78, 5) is 25.3. The van der Waals surface area contributed by atoms with Crippen LogP contribution in [0, 0.1) is 11.8 Å². The molecule has 1 aromatic carbocycles. The molecule has 110 valence electrons. The topological polar surface area (TPSA) is 69.6 Å². The van der Waals surface area contributed by atoms with Crippen molar-refractivity contribution in [1.29, 1.82) is 0 Å². The van der Waals surface area contributed by atoms with Crippen LogP contribution in [0.1, 0.15) is 28.8 Å². The zero-order valence-corrected chi connectivity index (χ0v) is 11.8. The number of hydrogen-bond acceptors (Lipinski definition) is 3. The summed E-state index contributed by atoms with van der Waals surface area (Å²) in [5, 5.41) is 11.4. The van der Waals surface area contributed by atoms with Gasteiger partial charge in [-0.2, -0.15) is 0 Å². The van der Waals surface area contributed by atoms with Gasteiger partial charge in [0.1, 0.15) is 0 Å². The number of amides is 2. The number of benzene rings is 1. The van der Waals surface area contributed by atoms with Crippen LogP contribution >= 0.6 is 0 Å². The molecule has 2 N–H and O–H groups in total. The highest BCUT2D eigenvalue weighted by atomic mass is 16.2. The van der Waals surface area contributed by atoms with Crippen LogP contribution < -0.4 is 5.32 Å². The van der Waals surface area contributed by atoms with Gasteiger partial charge in [-0.3, -0.25) is 9.59 Å². The van der Waals surface area contributed by atoms with Gasteiger partial charge >= 0.3 is 0 Å². The Labute approximate surface area is 124 Å². The lowest BCUT2D eigenvalue weighted by Crippen LogP contribution is -2.34. The van der Waals surface area contributed by atoms with Crippen LogP contribution in [0.2, 0.25) is 0 Å². The molecule has 1 aliphatic rings. The van der Waals surface area contributed by atoms with Gasteiger partial charge in [-0.25, -0.2) is 0 Å². The monoisotopic (exact) mass is 286 g/mol. The molecule has 0 atom stereocenters. The van der Waals surface area contributed by atoms with Crippen molar-refractivity contribution < 1.29 is 14.7 Å². The van der Waals surface area contributed by atoms with Gasteiger partial charge in [0.25, 0.3) is 5.91 Å². The first kappa shape index (κ1) is 15.1. The third kappa shape index (κ3) is 4.33. The lowest BCUT2D eigenvalue weighted by Gasteiger charge is -2.19. The van der Waals surface area contributed by atoms with Gasteiger partial charge in [0.05, 0.1) is 6.61 Å². The molecular formula is C16H18N2O3. The summed E-state index contributed by atoms with van der Waals surface area (Å²) in [6.45, 7) is 1.52. The second kappa shape index (κ2) is 7.46. The molecule has 0 saturated carbocycles. The Morgan fingerprint density at radius 1 is 1.29 bits per heavy atom. The van der Waals surface area contributed by atoms with Crippen LogP contribution in [0.5, 0.6) is 0 Å². The maximum absolute atomic E-state index is 12.3. The van der Waals surface area contributed by atoms with Gasteiger partial charge in [-0.05, 0) is 24.3 Å². The second-order valence-electron chi connectivity index (χ2n) is 4.74. The minimum atomic E-state index is -0.0682. The Morgan fingerprint density at radius 3 is 2.76 bits per heavy atom. The van der Waals surface area contributed by atoms with E-state index in [1.54, 1.807) is 29.2 Å². The Bertz CT molecular complexity index is 569. The van der Waals surface area contributed by atoms with Gasteiger partial charge in [-0.1, -0.05) is 11.8 Å². The molecule has 0 aliphatic carbocycles. The van der Waals surface area contributed by atoms with Crippen molar-refractivity contribution in [3.63, 3.8) is 0 Å². The highest BCUT2D eigenvalue weighted by Gasteiger charge is 2.19. The summed E-state index contributed by atoms with van der Waals surface area (Å²) in [7, 11) is 0. The summed E-state index contributed by atoms with van der Waals surface area (Å²) >= 11 is 0. The smallest absolute Gasteiger partial charge is 0.253 e. The van der Waals surface area contributed by atoms with Crippen molar-refractivity contribution >= 4 is 11.8 Å². The molecule has 1 aliphatic heterocycles. The third-order valence-corrected chi connectivity index (χ3v) is 3.20. The molecular weight excluding hydrogens is 268 g/mol. The summed E-state index contributed by atoms with van der Waals surface area (Å²) in [5.41, 5.74) is 1.41. The number of nitrogens with zero attached hydrogens (tertiary/aromatic N) is 1. The number of carbonyl (C=O) groups excluding carboxylic acids is 2. The SMILES string of the molecule is O=C1CCN(C(=O)c2ccc(C#CCCO)cc2)CCN1. The maximum atomic E-state index is 12.3. The molecule has 0 radical (unpaired) electrons. The molecule has 2 amide bonds. The number of nitrogens with one attached hydrogen (secondary N) is 1. The van der Waals surface area contributed by atoms with Gasteiger partial charge in [-0.15, -0.1) is 0 Å². The average molecular weight is 286 g/mol. The van der Waals surface area contributed by atoms with Gasteiger partial charge in [0.15, 0.2) is 0 Å². The standard InChI is InChI=1S/C16H18N2O3/c19-12-2-1-3-13-4-6-14(7-5-13)16(21)18-10-8-15(20)17-9-11-18/h4-7,19H,2,8-12H2,(H,17,20). The quantitative estimate of drug-likeness (QED) is 0.772. The molecule has 1 heterocycles. The van der Waals surface area contributed by atoms with E-state index in [2.05, 4.69) is 17.2 Å². The van der Waals surface area contributed by atoms with E-state index in [0.29, 0.717) is 38.0 Å². The number of aliphatic hydroxyl groups is 1. The van der Waals surface area contributed by atoms with Crippen molar-refractivity contribution in [2.24, 2.45) is 0 Å². The van der Waals surface area contributed by atoms with Crippen LogP contribution in [0.4, 0.5) is 0 Å². The normalized spacial score (nSPS) is 14.7. The highest BCUT2D eigenvalue weighted by molar-refractivity contribution is 5.94. The number of carbonyl (C=O) groups is 2. The number of hydrogen-bond donors (Lipinski definition) is 2. The zero-order valence-electron chi connectivity index (χ0n) is 11.8. The first-order chi connectivity index (χ1) is 10.2. The summed E-state index contributed by atoms with van der Waals surface area (Å²) < 4.78 is 0. The van der Waals surface area contributed by atoms with Crippen molar-refractivity contribution in [3.05, 3.63) is 35.4 Å². The molecule has 0 spiro atoms. The summed E-state index contributed by atoms with van der Waals surface area (Å²) in [5.74, 6) is 5.67. The van der Waals surface area contributed by atoms with Gasteiger partial charge in [0, 0.05) is 43.6 Å². The zero-order chi connectivity index (χ0) is 15.1. The van der Waals surface area contributed by atoms with Crippen molar-refractivity contribution in [1.82, 2.24) is 10.2 Å². The predicted molar refractivity (Wildman–Crippen MR) is 78.6 cm³/mol. The van der Waals surface area contributed by atoms with Crippen molar-refractivity contribution in [2.75, 3.05) is 26.2 Å². The van der Waals surface area contributed by atoms with Crippen LogP contribution in [0.25, 0.3) is 0 Å². The molecule has 1 aromatic rings. The number of aliphatic hydroxyl groups excluding tert-OH is 1. The molecule has 21 heavy (non-hydrogen) atoms. The van der Waals surface area contributed by atoms with Crippen LogP contribution in [-0.4, -0.2) is 48.1 Å². The maximum Gasteiger partial charge on any atom is 0.253 e. The summed E-state index contributed by atoms with van der Waals surface area (Å²) in [6, 6.07) is 7.06. The lowest BCUT2D eigenvalue weighted by atomic mass is 10.1.